The van der Waals surface area contributed by atoms with Crippen LogP contribution in [0.5, 0.6) is 0 Å². The number of nitrogens with one attached hydrogen (secondary N) is 2. The van der Waals surface area contributed by atoms with Crippen LogP contribution in [0.3, 0.4) is 0 Å². The van der Waals surface area contributed by atoms with Gasteiger partial charge in [0.2, 0.25) is 10.7 Å². The number of pyridine rings is 1. The Kier molecular flexibility index (Phi) is 4.71. The van der Waals surface area contributed by atoms with Gasteiger partial charge in [0.1, 0.15) is 5.01 Å². The number of amides is 1. The molecule has 0 unspecified atom stereocenters. The summed E-state index contributed by atoms with van der Waals surface area (Å²) in [4.78, 5) is 27.1. The lowest BCUT2D eigenvalue weighted by Gasteiger charge is -2.06. The van der Waals surface area contributed by atoms with Gasteiger partial charge in [0.15, 0.2) is 0 Å². The van der Waals surface area contributed by atoms with E-state index in [-0.39, 0.29) is 11.5 Å². The van der Waals surface area contributed by atoms with Gasteiger partial charge in [-0.05, 0) is 18.9 Å². The monoisotopic (exact) mass is 342 g/mol. The van der Waals surface area contributed by atoms with Crippen LogP contribution in [0.2, 0.25) is 0 Å². The summed E-state index contributed by atoms with van der Waals surface area (Å²) in [5.41, 5.74) is 0.646. The summed E-state index contributed by atoms with van der Waals surface area (Å²) in [5.74, 6) is -0.00176. The normalized spacial score (nSPS) is 11.1. The summed E-state index contributed by atoms with van der Waals surface area (Å²) in [6.07, 6.45) is 1.97. The molecular formula is C17H18N4O2S. The summed E-state index contributed by atoms with van der Waals surface area (Å²) < 4.78 is 0. The number of aromatic nitrogens is 3. The molecule has 3 aromatic rings. The fourth-order valence-electron chi connectivity index (χ4n) is 2.64. The Hall–Kier alpha value is -2.54. The molecule has 0 bridgehead atoms. The van der Waals surface area contributed by atoms with Crippen molar-refractivity contribution in [1.29, 1.82) is 0 Å². The smallest absolute Gasteiger partial charge is 0.258 e. The second-order valence-electron chi connectivity index (χ2n) is 5.51. The molecule has 0 aliphatic carbocycles. The fourth-order valence-corrected chi connectivity index (χ4v) is 3.65. The fraction of sp³-hybridized carbons (Fsp3) is 0.294. The average Bonchev–Trinajstić information content (AvgIpc) is 3.03. The van der Waals surface area contributed by atoms with Gasteiger partial charge < -0.3 is 4.98 Å². The minimum atomic E-state index is -0.357. The zero-order chi connectivity index (χ0) is 17.1. The van der Waals surface area contributed by atoms with Crippen molar-refractivity contribution in [3.05, 3.63) is 51.3 Å². The molecule has 1 amide bonds. The van der Waals surface area contributed by atoms with Gasteiger partial charge in [0, 0.05) is 22.9 Å². The Morgan fingerprint density at radius 1 is 1.25 bits per heavy atom. The van der Waals surface area contributed by atoms with E-state index in [0.29, 0.717) is 27.5 Å². The molecule has 6 nitrogen and oxygen atoms in total. The highest BCUT2D eigenvalue weighted by Crippen LogP contribution is 2.28. The van der Waals surface area contributed by atoms with Gasteiger partial charge in [-0.25, -0.2) is 0 Å². The molecule has 0 radical (unpaired) electrons. The molecule has 1 aromatic carbocycles. The molecule has 124 valence electrons. The zero-order valence-corrected chi connectivity index (χ0v) is 14.3. The lowest BCUT2D eigenvalue weighted by molar-refractivity contribution is 0.102. The molecular weight excluding hydrogens is 324 g/mol. The predicted molar refractivity (Wildman–Crippen MR) is 95.8 cm³/mol. The third-order valence-corrected chi connectivity index (χ3v) is 4.99. The maximum absolute atomic E-state index is 12.6. The first-order valence-electron chi connectivity index (χ1n) is 7.89. The standard InChI is InChI=1S/C17H18N4O2S/c1-3-10(4-2)16-20-21-17(24-16)19-15(23)12-9-14(22)18-13-8-6-5-7-11(12)13/h5-10H,3-4H2,1-2H3,(H,18,22)(H,19,21,23). The number of fused-ring (bicyclic) bond motifs is 1. The molecule has 0 fully saturated rings. The Morgan fingerprint density at radius 2 is 2.00 bits per heavy atom. The highest BCUT2D eigenvalue weighted by molar-refractivity contribution is 7.15. The number of hydrogen-bond donors (Lipinski definition) is 2. The minimum Gasteiger partial charge on any atom is -0.322 e. The Bertz CT molecular complexity index is 927. The number of rotatable bonds is 5. The molecule has 24 heavy (non-hydrogen) atoms. The second-order valence-corrected chi connectivity index (χ2v) is 6.51. The summed E-state index contributed by atoms with van der Waals surface area (Å²) in [5, 5.41) is 13.0. The third-order valence-electron chi connectivity index (χ3n) is 3.99. The van der Waals surface area contributed by atoms with E-state index >= 15 is 0 Å². The topological polar surface area (TPSA) is 87.7 Å². The number of nitrogens with zero attached hydrogens (tertiary/aromatic N) is 2. The molecule has 2 heterocycles. The first-order chi connectivity index (χ1) is 11.6. The lowest BCUT2D eigenvalue weighted by atomic mass is 10.1. The van der Waals surface area contributed by atoms with Crippen molar-refractivity contribution in [2.75, 3.05) is 5.32 Å². The molecule has 0 atom stereocenters. The minimum absolute atomic E-state index is 0.311. The van der Waals surface area contributed by atoms with E-state index in [1.54, 1.807) is 12.1 Å². The maximum Gasteiger partial charge on any atom is 0.258 e. The number of anilines is 1. The van der Waals surface area contributed by atoms with Crippen LogP contribution in [0.25, 0.3) is 10.9 Å². The van der Waals surface area contributed by atoms with Gasteiger partial charge in [0.05, 0.1) is 5.56 Å². The van der Waals surface area contributed by atoms with Crippen LogP contribution in [0.4, 0.5) is 5.13 Å². The number of para-hydroxylation sites is 1. The largest absolute Gasteiger partial charge is 0.322 e. The molecule has 3 rings (SSSR count). The third kappa shape index (κ3) is 3.21. The van der Waals surface area contributed by atoms with E-state index in [9.17, 15) is 9.59 Å². The van der Waals surface area contributed by atoms with Crippen molar-refractivity contribution in [3.63, 3.8) is 0 Å². The van der Waals surface area contributed by atoms with Crippen molar-refractivity contribution >= 4 is 33.3 Å². The Labute approximate surface area is 143 Å². The van der Waals surface area contributed by atoms with Gasteiger partial charge in [-0.15, -0.1) is 10.2 Å². The van der Waals surface area contributed by atoms with Crippen LogP contribution in [0.15, 0.2) is 35.1 Å². The number of benzene rings is 1. The molecule has 0 aliphatic rings. The molecule has 7 heteroatoms. The molecule has 0 spiro atoms. The first-order valence-corrected chi connectivity index (χ1v) is 8.70. The van der Waals surface area contributed by atoms with E-state index in [1.807, 2.05) is 12.1 Å². The van der Waals surface area contributed by atoms with Crippen LogP contribution in [0, 0.1) is 0 Å². The van der Waals surface area contributed by atoms with Gasteiger partial charge in [-0.1, -0.05) is 43.4 Å². The highest BCUT2D eigenvalue weighted by atomic mass is 32.1. The molecule has 2 N–H and O–H groups in total. The van der Waals surface area contributed by atoms with Crippen molar-refractivity contribution in [2.45, 2.75) is 32.6 Å². The van der Waals surface area contributed by atoms with Gasteiger partial charge in [0.25, 0.3) is 5.91 Å². The van der Waals surface area contributed by atoms with E-state index in [0.717, 1.165) is 17.8 Å². The highest BCUT2D eigenvalue weighted by Gasteiger charge is 2.17. The number of carbonyl (C=O) groups excluding carboxylic acids is 1. The zero-order valence-electron chi connectivity index (χ0n) is 13.5. The Morgan fingerprint density at radius 3 is 2.75 bits per heavy atom. The maximum atomic E-state index is 12.6. The Balaban J connectivity index is 1.90. The van der Waals surface area contributed by atoms with Gasteiger partial charge in [-0.2, -0.15) is 0 Å². The predicted octanol–water partition coefficient (Wildman–Crippen LogP) is 3.54. The quantitative estimate of drug-likeness (QED) is 0.742. The van der Waals surface area contributed by atoms with E-state index in [2.05, 4.69) is 34.3 Å². The van der Waals surface area contributed by atoms with Crippen LogP contribution in [-0.4, -0.2) is 21.1 Å². The second kappa shape index (κ2) is 6.92. The van der Waals surface area contributed by atoms with Crippen molar-refractivity contribution < 1.29 is 4.79 Å². The van der Waals surface area contributed by atoms with Gasteiger partial charge in [-0.3, -0.25) is 14.9 Å². The van der Waals surface area contributed by atoms with Crippen molar-refractivity contribution in [2.24, 2.45) is 0 Å². The van der Waals surface area contributed by atoms with Crippen LogP contribution >= 0.6 is 11.3 Å². The molecule has 2 aromatic heterocycles. The van der Waals surface area contributed by atoms with Crippen LogP contribution in [0.1, 0.15) is 48.0 Å². The lowest BCUT2D eigenvalue weighted by Crippen LogP contribution is -2.16. The number of aromatic amines is 1. The molecule has 0 saturated heterocycles. The number of H-pyrrole nitrogens is 1. The average molecular weight is 342 g/mol. The summed E-state index contributed by atoms with van der Waals surface area (Å²) in [7, 11) is 0. The van der Waals surface area contributed by atoms with Crippen LogP contribution < -0.4 is 10.9 Å². The molecule has 0 aliphatic heterocycles. The SMILES string of the molecule is CCC(CC)c1nnc(NC(=O)c2cc(=O)[nH]c3ccccc23)s1. The van der Waals surface area contributed by atoms with Crippen LogP contribution in [-0.2, 0) is 0 Å². The van der Waals surface area contributed by atoms with E-state index < -0.39 is 0 Å². The molecule has 0 saturated carbocycles. The number of hydrogen-bond acceptors (Lipinski definition) is 5. The summed E-state index contributed by atoms with van der Waals surface area (Å²) in [6, 6.07) is 8.51. The van der Waals surface area contributed by atoms with Crippen molar-refractivity contribution in [3.8, 4) is 0 Å². The van der Waals surface area contributed by atoms with Gasteiger partial charge >= 0.3 is 0 Å². The van der Waals surface area contributed by atoms with E-state index in [4.69, 9.17) is 0 Å². The summed E-state index contributed by atoms with van der Waals surface area (Å²) >= 11 is 1.38. The van der Waals surface area contributed by atoms with E-state index in [1.165, 1.54) is 17.4 Å². The first kappa shape index (κ1) is 16.3. The van der Waals surface area contributed by atoms with Crippen molar-refractivity contribution in [1.82, 2.24) is 15.2 Å². The summed E-state index contributed by atoms with van der Waals surface area (Å²) in [6.45, 7) is 4.21. The number of carbonyl (C=O) groups is 1.